The van der Waals surface area contributed by atoms with Gasteiger partial charge in [-0.25, -0.2) is 4.79 Å². The minimum atomic E-state index is -0.749. The number of allylic oxidation sites excluding steroid dienone is 2. The van der Waals surface area contributed by atoms with Crippen LogP contribution in [0.25, 0.3) is 0 Å². The number of hydrogen-bond donors (Lipinski definition) is 1. The van der Waals surface area contributed by atoms with Gasteiger partial charge in [0.1, 0.15) is 17.9 Å². The zero-order valence-corrected chi connectivity index (χ0v) is 23.3. The first-order valence-corrected chi connectivity index (χ1v) is 13.1. The van der Waals surface area contributed by atoms with Gasteiger partial charge in [-0.2, -0.15) is 0 Å². The van der Waals surface area contributed by atoms with Crippen LogP contribution in [0, 0.1) is 3.57 Å². The van der Waals surface area contributed by atoms with Gasteiger partial charge in [-0.3, -0.25) is 4.79 Å². The summed E-state index contributed by atoms with van der Waals surface area (Å²) in [5.74, 6) is -0.0855. The number of halogens is 3. The summed E-state index contributed by atoms with van der Waals surface area (Å²) in [6.07, 6.45) is 1.59. The van der Waals surface area contributed by atoms with Crippen molar-refractivity contribution in [3.8, 4) is 11.5 Å². The Kier molecular flexibility index (Phi) is 8.37. The predicted molar refractivity (Wildman–Crippen MR) is 144 cm³/mol. The van der Waals surface area contributed by atoms with Gasteiger partial charge in [0.15, 0.2) is 17.3 Å². The lowest BCUT2D eigenvalue weighted by Gasteiger charge is -2.32. The third-order valence-electron chi connectivity index (χ3n) is 5.94. The SMILES string of the molecule is CCOc1cc([C@@H]2C(C(=O)OC)=C(N)OC3=C2C(=O)CCC3)cc(I)c1OCc1ccc(Cl)cc1Cl. The molecule has 0 aromatic heterocycles. The van der Waals surface area contributed by atoms with E-state index in [0.717, 1.165) is 9.13 Å². The van der Waals surface area contributed by atoms with E-state index in [1.165, 1.54) is 7.11 Å². The molecule has 1 heterocycles. The summed E-state index contributed by atoms with van der Waals surface area (Å²) in [4.78, 5) is 25.8. The van der Waals surface area contributed by atoms with Gasteiger partial charge < -0.3 is 24.7 Å². The third kappa shape index (κ3) is 5.31. The zero-order chi connectivity index (χ0) is 26.0. The molecule has 1 aliphatic heterocycles. The van der Waals surface area contributed by atoms with Gasteiger partial charge in [0.05, 0.1) is 23.2 Å². The topological polar surface area (TPSA) is 97.1 Å². The molecule has 2 aromatic rings. The summed E-state index contributed by atoms with van der Waals surface area (Å²) in [5.41, 5.74) is 8.09. The minimum Gasteiger partial charge on any atom is -0.490 e. The molecule has 0 unspecified atom stereocenters. The van der Waals surface area contributed by atoms with Crippen LogP contribution in [-0.2, 0) is 25.7 Å². The number of rotatable bonds is 7. The number of ketones is 1. The Morgan fingerprint density at radius 1 is 1.19 bits per heavy atom. The van der Waals surface area contributed by atoms with Crippen LogP contribution in [0.15, 0.2) is 53.1 Å². The van der Waals surface area contributed by atoms with Gasteiger partial charge >= 0.3 is 5.97 Å². The first-order valence-electron chi connectivity index (χ1n) is 11.3. The highest BCUT2D eigenvalue weighted by Gasteiger charge is 2.41. The molecule has 0 saturated heterocycles. The Balaban J connectivity index is 1.78. The molecular formula is C26H24Cl2INO6. The average Bonchev–Trinajstić information content (AvgIpc) is 2.83. The highest BCUT2D eigenvalue weighted by molar-refractivity contribution is 14.1. The zero-order valence-electron chi connectivity index (χ0n) is 19.7. The Morgan fingerprint density at radius 2 is 1.97 bits per heavy atom. The number of Topliss-reactive ketones (excluding diaryl/α,β-unsaturated/α-hetero) is 1. The summed E-state index contributed by atoms with van der Waals surface area (Å²) in [6, 6.07) is 8.81. The monoisotopic (exact) mass is 643 g/mol. The molecule has 36 heavy (non-hydrogen) atoms. The molecule has 2 aromatic carbocycles. The molecule has 1 aliphatic carbocycles. The number of methoxy groups -OCH3 is 1. The van der Waals surface area contributed by atoms with E-state index in [1.807, 2.05) is 13.0 Å². The number of carbonyl (C=O) groups is 2. The van der Waals surface area contributed by atoms with Crippen molar-refractivity contribution in [1.82, 2.24) is 0 Å². The van der Waals surface area contributed by atoms with E-state index in [0.29, 0.717) is 64.3 Å². The number of carbonyl (C=O) groups excluding carboxylic acids is 2. The molecule has 7 nitrogen and oxygen atoms in total. The standard InChI is InChI=1S/C26H24Cl2INO6/c1-3-34-20-10-14(9-17(29)24(20)35-12-13-7-8-15(27)11-16(13)28)21-22-18(31)5-4-6-19(22)36-25(30)23(21)26(32)33-2/h7-11,21H,3-6,12,30H2,1-2H3/t21-/m0/s1. The molecule has 0 amide bonds. The number of ether oxygens (including phenoxy) is 4. The second-order valence-electron chi connectivity index (χ2n) is 8.21. The summed E-state index contributed by atoms with van der Waals surface area (Å²) < 4.78 is 23.5. The Morgan fingerprint density at radius 3 is 2.67 bits per heavy atom. The van der Waals surface area contributed by atoms with Crippen molar-refractivity contribution in [2.75, 3.05) is 13.7 Å². The van der Waals surface area contributed by atoms with E-state index in [1.54, 1.807) is 24.3 Å². The van der Waals surface area contributed by atoms with Crippen molar-refractivity contribution in [3.63, 3.8) is 0 Å². The third-order valence-corrected chi connectivity index (χ3v) is 7.33. The molecule has 0 bridgehead atoms. The fourth-order valence-electron chi connectivity index (χ4n) is 4.34. The Hall–Kier alpha value is -2.43. The van der Waals surface area contributed by atoms with E-state index >= 15 is 0 Å². The lowest BCUT2D eigenvalue weighted by molar-refractivity contribution is -0.136. The normalized spacial score (nSPS) is 17.5. The largest absolute Gasteiger partial charge is 0.490 e. The maximum Gasteiger partial charge on any atom is 0.340 e. The van der Waals surface area contributed by atoms with E-state index in [9.17, 15) is 9.59 Å². The van der Waals surface area contributed by atoms with E-state index in [-0.39, 0.29) is 23.8 Å². The van der Waals surface area contributed by atoms with Crippen LogP contribution < -0.4 is 15.2 Å². The summed E-state index contributed by atoms with van der Waals surface area (Å²) in [6.45, 7) is 2.42. The molecule has 10 heteroatoms. The van der Waals surface area contributed by atoms with Gasteiger partial charge in [0.2, 0.25) is 5.88 Å². The van der Waals surface area contributed by atoms with Gasteiger partial charge in [0.25, 0.3) is 0 Å². The van der Waals surface area contributed by atoms with Crippen molar-refractivity contribution in [1.29, 1.82) is 0 Å². The molecule has 190 valence electrons. The van der Waals surface area contributed by atoms with Crippen molar-refractivity contribution in [2.45, 2.75) is 38.7 Å². The second kappa shape index (κ2) is 11.3. The van der Waals surface area contributed by atoms with Crippen molar-refractivity contribution in [3.05, 3.63) is 77.9 Å². The van der Waals surface area contributed by atoms with E-state index in [4.69, 9.17) is 47.9 Å². The average molecular weight is 644 g/mol. The fraction of sp³-hybridized carbons (Fsp3) is 0.308. The molecule has 4 rings (SSSR count). The lowest BCUT2D eigenvalue weighted by Crippen LogP contribution is -2.31. The number of benzene rings is 2. The number of hydrogen-bond acceptors (Lipinski definition) is 7. The van der Waals surface area contributed by atoms with Gasteiger partial charge in [-0.15, -0.1) is 0 Å². The van der Waals surface area contributed by atoms with Crippen LogP contribution in [0.5, 0.6) is 11.5 Å². The lowest BCUT2D eigenvalue weighted by atomic mass is 9.77. The van der Waals surface area contributed by atoms with Crippen LogP contribution >= 0.6 is 45.8 Å². The molecular weight excluding hydrogens is 620 g/mol. The highest BCUT2D eigenvalue weighted by atomic mass is 127. The van der Waals surface area contributed by atoms with Crippen LogP contribution in [0.3, 0.4) is 0 Å². The quantitative estimate of drug-likeness (QED) is 0.290. The van der Waals surface area contributed by atoms with Crippen molar-refractivity contribution >= 4 is 57.5 Å². The summed E-state index contributed by atoms with van der Waals surface area (Å²) in [7, 11) is 1.26. The van der Waals surface area contributed by atoms with Crippen LogP contribution in [0.1, 0.15) is 43.2 Å². The van der Waals surface area contributed by atoms with Gasteiger partial charge in [-0.1, -0.05) is 29.3 Å². The summed E-state index contributed by atoms with van der Waals surface area (Å²) in [5, 5.41) is 1.03. The molecule has 0 radical (unpaired) electrons. The number of nitrogens with two attached hydrogens (primary N) is 1. The van der Waals surface area contributed by atoms with Crippen LogP contribution in [-0.4, -0.2) is 25.5 Å². The van der Waals surface area contributed by atoms with Crippen LogP contribution in [0.4, 0.5) is 0 Å². The Labute approximate surface area is 232 Å². The maximum absolute atomic E-state index is 13.0. The minimum absolute atomic E-state index is 0.0639. The molecule has 0 spiro atoms. The smallest absolute Gasteiger partial charge is 0.340 e. The molecule has 2 N–H and O–H groups in total. The molecule has 2 aliphatic rings. The van der Waals surface area contributed by atoms with Crippen LogP contribution in [0.2, 0.25) is 10.0 Å². The molecule has 0 fully saturated rings. The first-order chi connectivity index (χ1) is 17.2. The summed E-state index contributed by atoms with van der Waals surface area (Å²) >= 11 is 14.5. The molecule has 1 atom stereocenters. The van der Waals surface area contributed by atoms with E-state index < -0.39 is 11.9 Å². The van der Waals surface area contributed by atoms with Crippen molar-refractivity contribution in [2.24, 2.45) is 5.73 Å². The van der Waals surface area contributed by atoms with Gasteiger partial charge in [-0.05, 0) is 65.8 Å². The van der Waals surface area contributed by atoms with Crippen molar-refractivity contribution < 1.29 is 28.5 Å². The Bertz CT molecular complexity index is 1290. The van der Waals surface area contributed by atoms with E-state index in [2.05, 4.69) is 22.6 Å². The maximum atomic E-state index is 13.0. The van der Waals surface area contributed by atoms with Gasteiger partial charge in [0, 0.05) is 34.0 Å². The second-order valence-corrected chi connectivity index (χ2v) is 10.2. The molecule has 0 saturated carbocycles. The predicted octanol–water partition coefficient (Wildman–Crippen LogP) is 6.04. The highest BCUT2D eigenvalue weighted by Crippen LogP contribution is 2.47. The first kappa shape index (κ1) is 26.6. The number of esters is 1. The fourth-order valence-corrected chi connectivity index (χ4v) is 5.59.